The van der Waals surface area contributed by atoms with Crippen molar-refractivity contribution in [1.29, 1.82) is 0 Å². The van der Waals surface area contributed by atoms with E-state index in [4.69, 9.17) is 9.47 Å². The first-order chi connectivity index (χ1) is 12.7. The van der Waals surface area contributed by atoms with Gasteiger partial charge >= 0.3 is 0 Å². The van der Waals surface area contributed by atoms with E-state index in [1.807, 2.05) is 42.5 Å². The summed E-state index contributed by atoms with van der Waals surface area (Å²) in [4.78, 5) is 26.3. The number of carbonyl (C=O) groups is 2. The number of nitrogens with zero attached hydrogens (tertiary/aromatic N) is 1. The van der Waals surface area contributed by atoms with Crippen LogP contribution >= 0.6 is 0 Å². The van der Waals surface area contributed by atoms with Gasteiger partial charge in [-0.3, -0.25) is 9.59 Å². The maximum atomic E-state index is 12.5. The van der Waals surface area contributed by atoms with Crippen molar-refractivity contribution in [2.75, 3.05) is 30.0 Å². The topological polar surface area (TPSA) is 67.9 Å². The van der Waals surface area contributed by atoms with Crippen LogP contribution in [0, 0.1) is 0 Å². The Morgan fingerprint density at radius 2 is 1.88 bits per heavy atom. The van der Waals surface area contributed by atoms with Crippen LogP contribution in [0.1, 0.15) is 18.4 Å². The van der Waals surface area contributed by atoms with Gasteiger partial charge in [0.1, 0.15) is 13.2 Å². The second-order valence-electron chi connectivity index (χ2n) is 6.37. The summed E-state index contributed by atoms with van der Waals surface area (Å²) < 4.78 is 11.1. The summed E-state index contributed by atoms with van der Waals surface area (Å²) >= 11 is 0. The minimum absolute atomic E-state index is 0.0959. The minimum Gasteiger partial charge on any atom is -0.486 e. The highest BCUT2D eigenvalue weighted by molar-refractivity contribution is 6.02. The molecule has 6 nitrogen and oxygen atoms in total. The fraction of sp³-hybridized carbons (Fsp3) is 0.300. The smallest absolute Gasteiger partial charge is 0.228 e. The maximum absolute atomic E-state index is 12.5. The Labute approximate surface area is 151 Å². The molecule has 0 aliphatic carbocycles. The van der Waals surface area contributed by atoms with Gasteiger partial charge in [-0.25, -0.2) is 0 Å². The molecule has 134 valence electrons. The molecule has 1 saturated heterocycles. The predicted octanol–water partition coefficient (Wildman–Crippen LogP) is 2.77. The SMILES string of the molecule is O=C(Cc1ccc2c(c1)OCCO2)Nc1ccccc1N1CCCC1=O. The van der Waals surface area contributed by atoms with Crippen LogP contribution in [0.25, 0.3) is 0 Å². The molecule has 6 heteroatoms. The third-order valence-electron chi connectivity index (χ3n) is 4.51. The van der Waals surface area contributed by atoms with E-state index >= 15 is 0 Å². The number of amides is 2. The summed E-state index contributed by atoms with van der Waals surface area (Å²) in [6.07, 6.45) is 1.62. The normalized spacial score (nSPS) is 15.8. The molecule has 4 rings (SSSR count). The van der Waals surface area contributed by atoms with Crippen LogP contribution < -0.4 is 19.7 Å². The zero-order chi connectivity index (χ0) is 17.9. The third-order valence-corrected chi connectivity index (χ3v) is 4.51. The number of fused-ring (bicyclic) bond motifs is 1. The number of para-hydroxylation sites is 2. The molecule has 0 spiro atoms. The molecule has 0 unspecified atom stereocenters. The fourth-order valence-electron chi connectivity index (χ4n) is 3.30. The molecule has 0 radical (unpaired) electrons. The van der Waals surface area contributed by atoms with E-state index in [1.165, 1.54) is 0 Å². The molecule has 2 heterocycles. The van der Waals surface area contributed by atoms with Gasteiger partial charge < -0.3 is 19.7 Å². The van der Waals surface area contributed by atoms with Gasteiger partial charge in [0, 0.05) is 13.0 Å². The zero-order valence-electron chi connectivity index (χ0n) is 14.4. The Bertz CT molecular complexity index is 849. The summed E-state index contributed by atoms with van der Waals surface area (Å²) in [5.41, 5.74) is 2.26. The molecule has 0 atom stereocenters. The van der Waals surface area contributed by atoms with Gasteiger partial charge in [-0.15, -0.1) is 0 Å². The van der Waals surface area contributed by atoms with Crippen molar-refractivity contribution in [2.45, 2.75) is 19.3 Å². The highest BCUT2D eigenvalue weighted by atomic mass is 16.6. The fourth-order valence-corrected chi connectivity index (χ4v) is 3.30. The molecule has 0 bridgehead atoms. The Hall–Kier alpha value is -3.02. The van der Waals surface area contributed by atoms with Gasteiger partial charge in [-0.2, -0.15) is 0 Å². The molecule has 1 fully saturated rings. The Kier molecular flexibility index (Phi) is 4.48. The van der Waals surface area contributed by atoms with Gasteiger partial charge in [-0.1, -0.05) is 18.2 Å². The lowest BCUT2D eigenvalue weighted by Gasteiger charge is -2.20. The van der Waals surface area contributed by atoms with E-state index in [1.54, 1.807) is 4.90 Å². The van der Waals surface area contributed by atoms with Crippen LogP contribution in [0.5, 0.6) is 11.5 Å². The average Bonchev–Trinajstić information content (AvgIpc) is 3.08. The Morgan fingerprint density at radius 1 is 1.08 bits per heavy atom. The summed E-state index contributed by atoms with van der Waals surface area (Å²) in [6, 6.07) is 12.9. The van der Waals surface area contributed by atoms with Crippen LogP contribution in [0.15, 0.2) is 42.5 Å². The number of anilines is 2. The lowest BCUT2D eigenvalue weighted by Crippen LogP contribution is -2.26. The van der Waals surface area contributed by atoms with Crippen LogP contribution in [-0.2, 0) is 16.0 Å². The number of hydrogen-bond donors (Lipinski definition) is 1. The molecule has 2 aromatic carbocycles. The molecule has 2 aromatic rings. The molecule has 2 aliphatic rings. The Balaban J connectivity index is 1.48. The first kappa shape index (κ1) is 16.4. The first-order valence-electron chi connectivity index (χ1n) is 8.78. The van der Waals surface area contributed by atoms with Gasteiger partial charge in [0.05, 0.1) is 17.8 Å². The first-order valence-corrected chi connectivity index (χ1v) is 8.78. The summed E-state index contributed by atoms with van der Waals surface area (Å²) in [6.45, 7) is 1.74. The number of benzene rings is 2. The molecule has 0 saturated carbocycles. The molecular weight excluding hydrogens is 332 g/mol. The van der Waals surface area contributed by atoms with Crippen molar-refractivity contribution in [2.24, 2.45) is 0 Å². The maximum Gasteiger partial charge on any atom is 0.228 e. The van der Waals surface area contributed by atoms with Crippen LogP contribution in [0.3, 0.4) is 0 Å². The molecule has 2 aliphatic heterocycles. The molecule has 26 heavy (non-hydrogen) atoms. The van der Waals surface area contributed by atoms with E-state index in [2.05, 4.69) is 5.32 Å². The monoisotopic (exact) mass is 352 g/mol. The minimum atomic E-state index is -0.138. The van der Waals surface area contributed by atoms with E-state index in [9.17, 15) is 9.59 Å². The van der Waals surface area contributed by atoms with E-state index in [0.29, 0.717) is 43.4 Å². The van der Waals surface area contributed by atoms with Crippen molar-refractivity contribution in [3.8, 4) is 11.5 Å². The molecule has 0 aromatic heterocycles. The van der Waals surface area contributed by atoms with Gasteiger partial charge in [-0.05, 0) is 36.2 Å². The van der Waals surface area contributed by atoms with Crippen LogP contribution in [-0.4, -0.2) is 31.6 Å². The summed E-state index contributed by atoms with van der Waals surface area (Å²) in [5.74, 6) is 1.34. The quantitative estimate of drug-likeness (QED) is 0.919. The van der Waals surface area contributed by atoms with E-state index in [0.717, 1.165) is 17.7 Å². The number of ether oxygens (including phenoxy) is 2. The highest BCUT2D eigenvalue weighted by Crippen LogP contribution is 2.32. The highest BCUT2D eigenvalue weighted by Gasteiger charge is 2.24. The van der Waals surface area contributed by atoms with Crippen LogP contribution in [0.4, 0.5) is 11.4 Å². The number of carbonyl (C=O) groups excluding carboxylic acids is 2. The van der Waals surface area contributed by atoms with Gasteiger partial charge in [0.15, 0.2) is 11.5 Å². The zero-order valence-corrected chi connectivity index (χ0v) is 14.4. The molecule has 2 amide bonds. The lowest BCUT2D eigenvalue weighted by molar-refractivity contribution is -0.117. The van der Waals surface area contributed by atoms with Crippen molar-refractivity contribution >= 4 is 23.2 Å². The van der Waals surface area contributed by atoms with Crippen LogP contribution in [0.2, 0.25) is 0 Å². The lowest BCUT2D eigenvalue weighted by atomic mass is 10.1. The largest absolute Gasteiger partial charge is 0.486 e. The van der Waals surface area contributed by atoms with Crippen molar-refractivity contribution in [3.05, 3.63) is 48.0 Å². The van der Waals surface area contributed by atoms with Crippen molar-refractivity contribution < 1.29 is 19.1 Å². The number of hydrogen-bond acceptors (Lipinski definition) is 4. The predicted molar refractivity (Wildman–Crippen MR) is 97.8 cm³/mol. The number of nitrogens with one attached hydrogen (secondary N) is 1. The number of rotatable bonds is 4. The molecular formula is C20H20N2O4. The second-order valence-corrected chi connectivity index (χ2v) is 6.37. The standard InChI is InChI=1S/C20H20N2O4/c23-19(13-14-7-8-17-18(12-14)26-11-10-25-17)21-15-4-1-2-5-16(15)22-9-3-6-20(22)24/h1-2,4-5,7-8,12H,3,6,9-11,13H2,(H,21,23). The molecule has 1 N–H and O–H groups in total. The Morgan fingerprint density at radius 3 is 2.69 bits per heavy atom. The van der Waals surface area contributed by atoms with E-state index in [-0.39, 0.29) is 18.2 Å². The second kappa shape index (κ2) is 7.07. The summed E-state index contributed by atoms with van der Waals surface area (Å²) in [5, 5.41) is 2.93. The summed E-state index contributed by atoms with van der Waals surface area (Å²) in [7, 11) is 0. The van der Waals surface area contributed by atoms with Crippen molar-refractivity contribution in [1.82, 2.24) is 0 Å². The van der Waals surface area contributed by atoms with Crippen molar-refractivity contribution in [3.63, 3.8) is 0 Å². The third kappa shape index (κ3) is 3.35. The van der Waals surface area contributed by atoms with Gasteiger partial charge in [0.2, 0.25) is 11.8 Å². The average molecular weight is 352 g/mol. The van der Waals surface area contributed by atoms with E-state index < -0.39 is 0 Å². The van der Waals surface area contributed by atoms with Gasteiger partial charge in [0.25, 0.3) is 0 Å².